The molecule has 0 radical (unpaired) electrons. The van der Waals surface area contributed by atoms with Crippen LogP contribution in [0.5, 0.6) is 0 Å². The molecule has 0 saturated heterocycles. The fraction of sp³-hybridized carbons (Fsp3) is 1.00. The quantitative estimate of drug-likeness (QED) is 0.414. The van der Waals surface area contributed by atoms with Gasteiger partial charge in [-0.2, -0.15) is 0 Å². The molecule has 5 aliphatic carbocycles. The lowest BCUT2D eigenvalue weighted by atomic mass is 9.41. The zero-order chi connectivity index (χ0) is 24.9. The summed E-state index contributed by atoms with van der Waals surface area (Å²) in [5.41, 5.74) is -0.884. The van der Waals surface area contributed by atoms with E-state index in [1.54, 1.807) is 0 Å². The fourth-order valence-electron chi connectivity index (χ4n) is 11.8. The maximum atomic E-state index is 12.4. The maximum absolute atomic E-state index is 12.4. The predicted molar refractivity (Wildman–Crippen MR) is 135 cm³/mol. The first kappa shape index (κ1) is 25.5. The van der Waals surface area contributed by atoms with Gasteiger partial charge in [-0.1, -0.05) is 41.5 Å². The molecule has 34 heavy (non-hydrogen) atoms. The molecule has 4 nitrogen and oxygen atoms in total. The molecule has 196 valence electrons. The SMILES string of the molecule is CC12CCC3C(C)(CO)C(O)CCC3(C)C1CCC1C(O)(CCC3C(C)(C)C(O)CCC13C)C2. The molecule has 5 fully saturated rings. The Bertz CT molecular complexity index is 812. The van der Waals surface area contributed by atoms with E-state index in [4.69, 9.17) is 0 Å². The second kappa shape index (κ2) is 7.68. The molecule has 5 rings (SSSR count). The van der Waals surface area contributed by atoms with Crippen molar-refractivity contribution < 1.29 is 20.4 Å². The standard InChI is InChI=1S/C30H52O4/c1-25(2)19-10-16-30(34)17-26(3)13-9-21-28(5,15-12-24(33)29(21,6)18-31)20(26)7-8-22(30)27(19,4)14-11-23(25)32/h19-24,31-34H,7-18H2,1-6H3. The summed E-state index contributed by atoms with van der Waals surface area (Å²) < 4.78 is 0. The molecule has 11 unspecified atom stereocenters. The Hall–Kier alpha value is -0.160. The highest BCUT2D eigenvalue weighted by atomic mass is 16.3. The van der Waals surface area contributed by atoms with Crippen LogP contribution in [0.4, 0.5) is 0 Å². The number of rotatable bonds is 1. The summed E-state index contributed by atoms with van der Waals surface area (Å²) in [4.78, 5) is 0. The minimum atomic E-state index is -0.620. The second-order valence-corrected chi connectivity index (χ2v) is 15.4. The summed E-state index contributed by atoms with van der Waals surface area (Å²) in [7, 11) is 0. The van der Waals surface area contributed by atoms with Gasteiger partial charge in [-0.25, -0.2) is 0 Å². The maximum Gasteiger partial charge on any atom is 0.0686 e. The molecule has 0 aromatic heterocycles. The molecule has 4 N–H and O–H groups in total. The molecule has 11 atom stereocenters. The molecular formula is C30H52O4. The lowest BCUT2D eigenvalue weighted by Crippen LogP contribution is -2.62. The average Bonchev–Trinajstić information content (AvgIpc) is 2.88. The molecular weight excluding hydrogens is 424 g/mol. The number of aliphatic hydroxyl groups excluding tert-OH is 3. The van der Waals surface area contributed by atoms with Crippen molar-refractivity contribution in [3.63, 3.8) is 0 Å². The summed E-state index contributed by atoms with van der Waals surface area (Å²) >= 11 is 0. The summed E-state index contributed by atoms with van der Waals surface area (Å²) in [6.45, 7) is 14.1. The van der Waals surface area contributed by atoms with Gasteiger partial charge in [0, 0.05) is 5.41 Å². The van der Waals surface area contributed by atoms with Gasteiger partial charge >= 0.3 is 0 Å². The molecule has 0 aliphatic heterocycles. The van der Waals surface area contributed by atoms with Crippen molar-refractivity contribution in [1.29, 1.82) is 0 Å². The van der Waals surface area contributed by atoms with Crippen molar-refractivity contribution in [2.45, 2.75) is 130 Å². The van der Waals surface area contributed by atoms with Crippen LogP contribution in [0.15, 0.2) is 0 Å². The number of aliphatic hydroxyl groups is 4. The third kappa shape index (κ3) is 3.16. The van der Waals surface area contributed by atoms with E-state index in [0.29, 0.717) is 17.8 Å². The first-order valence-electron chi connectivity index (χ1n) is 14.4. The van der Waals surface area contributed by atoms with Crippen LogP contribution in [-0.4, -0.2) is 44.8 Å². The topological polar surface area (TPSA) is 80.9 Å². The smallest absolute Gasteiger partial charge is 0.0686 e. The summed E-state index contributed by atoms with van der Waals surface area (Å²) in [5, 5.41) is 44.6. The van der Waals surface area contributed by atoms with E-state index in [9.17, 15) is 20.4 Å². The molecule has 5 saturated carbocycles. The van der Waals surface area contributed by atoms with Crippen molar-refractivity contribution in [3.05, 3.63) is 0 Å². The monoisotopic (exact) mass is 476 g/mol. The molecule has 0 bridgehead atoms. The van der Waals surface area contributed by atoms with Crippen LogP contribution in [0.25, 0.3) is 0 Å². The van der Waals surface area contributed by atoms with Gasteiger partial charge in [-0.05, 0) is 116 Å². The highest BCUT2D eigenvalue weighted by Crippen LogP contribution is 2.71. The molecule has 5 aliphatic rings. The van der Waals surface area contributed by atoms with Crippen molar-refractivity contribution >= 4 is 0 Å². The first-order chi connectivity index (χ1) is 15.7. The third-order valence-corrected chi connectivity index (χ3v) is 13.6. The number of fused-ring (bicyclic) bond motifs is 6. The first-order valence-corrected chi connectivity index (χ1v) is 14.4. The van der Waals surface area contributed by atoms with Crippen molar-refractivity contribution in [2.24, 2.45) is 50.7 Å². The third-order valence-electron chi connectivity index (χ3n) is 13.6. The normalized spacial score (nSPS) is 59.1. The van der Waals surface area contributed by atoms with Crippen LogP contribution < -0.4 is 0 Å². The van der Waals surface area contributed by atoms with Gasteiger partial charge < -0.3 is 20.4 Å². The van der Waals surface area contributed by atoms with Gasteiger partial charge in [0.25, 0.3) is 0 Å². The van der Waals surface area contributed by atoms with Gasteiger partial charge in [-0.15, -0.1) is 0 Å². The lowest BCUT2D eigenvalue weighted by molar-refractivity contribution is -0.215. The van der Waals surface area contributed by atoms with Crippen LogP contribution >= 0.6 is 0 Å². The van der Waals surface area contributed by atoms with Crippen LogP contribution in [-0.2, 0) is 0 Å². The van der Waals surface area contributed by atoms with E-state index in [1.165, 1.54) is 0 Å². The van der Waals surface area contributed by atoms with E-state index < -0.39 is 17.1 Å². The van der Waals surface area contributed by atoms with E-state index in [0.717, 1.165) is 70.6 Å². The van der Waals surface area contributed by atoms with Crippen LogP contribution in [0.2, 0.25) is 0 Å². The zero-order valence-corrected chi connectivity index (χ0v) is 22.7. The van der Waals surface area contributed by atoms with Crippen molar-refractivity contribution in [3.8, 4) is 0 Å². The molecule has 4 heteroatoms. The van der Waals surface area contributed by atoms with Gasteiger partial charge in [0.1, 0.15) is 0 Å². The zero-order valence-electron chi connectivity index (χ0n) is 22.7. The Labute approximate surface area is 207 Å². The lowest BCUT2D eigenvalue weighted by Gasteiger charge is -2.65. The Morgan fingerprint density at radius 3 is 1.82 bits per heavy atom. The molecule has 0 amide bonds. The van der Waals surface area contributed by atoms with E-state index in [2.05, 4.69) is 41.5 Å². The highest BCUT2D eigenvalue weighted by molar-refractivity contribution is 5.17. The second-order valence-electron chi connectivity index (χ2n) is 15.4. The van der Waals surface area contributed by atoms with E-state index >= 15 is 0 Å². The molecule has 0 aromatic rings. The average molecular weight is 477 g/mol. The van der Waals surface area contributed by atoms with E-state index in [1.807, 2.05) is 0 Å². The van der Waals surface area contributed by atoms with Crippen LogP contribution in [0.3, 0.4) is 0 Å². The van der Waals surface area contributed by atoms with Crippen molar-refractivity contribution in [2.75, 3.05) is 6.61 Å². The predicted octanol–water partition coefficient (Wildman–Crippen LogP) is 5.31. The Kier molecular flexibility index (Phi) is 5.76. The fourth-order valence-corrected chi connectivity index (χ4v) is 11.8. The summed E-state index contributed by atoms with van der Waals surface area (Å²) in [6.07, 6.45) is 10.1. The Balaban J connectivity index is 1.52. The Morgan fingerprint density at radius 1 is 0.618 bits per heavy atom. The largest absolute Gasteiger partial charge is 0.396 e. The molecule has 0 aromatic carbocycles. The molecule has 0 spiro atoms. The van der Waals surface area contributed by atoms with E-state index in [-0.39, 0.29) is 40.3 Å². The minimum absolute atomic E-state index is 0.0571. The summed E-state index contributed by atoms with van der Waals surface area (Å²) in [5.74, 6) is 1.57. The number of hydrogen-bond donors (Lipinski definition) is 4. The van der Waals surface area contributed by atoms with Crippen molar-refractivity contribution in [1.82, 2.24) is 0 Å². The molecule has 0 heterocycles. The highest BCUT2D eigenvalue weighted by Gasteiger charge is 2.67. The van der Waals surface area contributed by atoms with Crippen LogP contribution in [0.1, 0.15) is 112 Å². The van der Waals surface area contributed by atoms with Gasteiger partial charge in [0.05, 0.1) is 24.4 Å². The summed E-state index contributed by atoms with van der Waals surface area (Å²) in [6, 6.07) is 0. The number of hydrogen-bond acceptors (Lipinski definition) is 4. The van der Waals surface area contributed by atoms with Gasteiger partial charge in [-0.3, -0.25) is 0 Å². The van der Waals surface area contributed by atoms with Crippen LogP contribution in [0, 0.1) is 50.7 Å². The Morgan fingerprint density at radius 2 is 1.18 bits per heavy atom. The van der Waals surface area contributed by atoms with Gasteiger partial charge in [0.2, 0.25) is 0 Å². The van der Waals surface area contributed by atoms with Gasteiger partial charge in [0.15, 0.2) is 0 Å². The minimum Gasteiger partial charge on any atom is -0.396 e.